The Hall–Kier alpha value is -0.810. The van der Waals surface area contributed by atoms with Crippen molar-refractivity contribution in [2.24, 2.45) is 0 Å². The predicted molar refractivity (Wildman–Crippen MR) is 49.8 cm³/mol. The summed E-state index contributed by atoms with van der Waals surface area (Å²) in [4.78, 5) is 2.10. The summed E-state index contributed by atoms with van der Waals surface area (Å²) in [6, 6.07) is 5.97. The molecule has 0 fully saturated rings. The summed E-state index contributed by atoms with van der Waals surface area (Å²) in [5.74, 6) is 0. The number of nitriles is 1. The lowest BCUT2D eigenvalue weighted by molar-refractivity contribution is 1.19. The molecule has 11 heavy (non-hydrogen) atoms. The van der Waals surface area contributed by atoms with E-state index < -0.39 is 0 Å². The number of aryl methyl sites for hydroxylation is 1. The third kappa shape index (κ3) is 3.20. The van der Waals surface area contributed by atoms with Crippen LogP contribution in [0.15, 0.2) is 12.1 Å². The minimum Gasteiger partial charge on any atom is -0.192 e. The molecule has 0 unspecified atom stereocenters. The van der Waals surface area contributed by atoms with E-state index in [9.17, 15) is 0 Å². The summed E-state index contributed by atoms with van der Waals surface area (Å²) in [5, 5.41) is 8.41. The molecule has 0 saturated heterocycles. The Labute approximate surface area is 72.3 Å². The number of thiophene rings is 1. The third-order valence-corrected chi connectivity index (χ3v) is 2.25. The zero-order chi connectivity index (χ0) is 8.69. The molecule has 0 spiro atoms. The van der Waals surface area contributed by atoms with Gasteiger partial charge in [-0.15, -0.1) is 11.3 Å². The van der Waals surface area contributed by atoms with Gasteiger partial charge in [-0.1, -0.05) is 20.8 Å². The van der Waals surface area contributed by atoms with E-state index in [1.54, 1.807) is 11.3 Å². The maximum Gasteiger partial charge on any atom is 0.110 e. The van der Waals surface area contributed by atoms with E-state index in [-0.39, 0.29) is 0 Å². The summed E-state index contributed by atoms with van der Waals surface area (Å²) >= 11 is 1.57. The summed E-state index contributed by atoms with van der Waals surface area (Å²) in [6.07, 6.45) is 1.03. The normalized spacial score (nSPS) is 7.82. The number of hydrogen-bond acceptors (Lipinski definition) is 2. The first kappa shape index (κ1) is 10.2. The summed E-state index contributed by atoms with van der Waals surface area (Å²) in [6.45, 7) is 6.09. The van der Waals surface area contributed by atoms with Gasteiger partial charge in [0.05, 0.1) is 0 Å². The standard InChI is InChI=1S/C7H7NS.C2H6/c1-2-6-3-4-7(5-8)9-6;1-2/h3-4H,2H2,1H3;1-2H3. The molecule has 1 aromatic heterocycles. The number of nitrogens with zero attached hydrogens (tertiary/aromatic N) is 1. The molecular formula is C9H13NS. The minimum absolute atomic E-state index is 0.812. The topological polar surface area (TPSA) is 23.8 Å². The van der Waals surface area contributed by atoms with Crippen molar-refractivity contribution < 1.29 is 0 Å². The summed E-state index contributed by atoms with van der Waals surface area (Å²) < 4.78 is 0. The van der Waals surface area contributed by atoms with Gasteiger partial charge in [0.1, 0.15) is 10.9 Å². The molecule has 0 saturated carbocycles. The van der Waals surface area contributed by atoms with Gasteiger partial charge < -0.3 is 0 Å². The lowest BCUT2D eigenvalue weighted by Gasteiger charge is -1.79. The fourth-order valence-corrected chi connectivity index (χ4v) is 1.37. The van der Waals surface area contributed by atoms with Gasteiger partial charge >= 0.3 is 0 Å². The van der Waals surface area contributed by atoms with E-state index in [2.05, 4.69) is 13.0 Å². The lowest BCUT2D eigenvalue weighted by atomic mass is 10.4. The van der Waals surface area contributed by atoms with Crippen LogP contribution in [0, 0.1) is 11.3 Å². The fraction of sp³-hybridized carbons (Fsp3) is 0.444. The zero-order valence-electron chi connectivity index (χ0n) is 7.22. The first-order valence-corrected chi connectivity index (χ1v) is 4.67. The summed E-state index contributed by atoms with van der Waals surface area (Å²) in [5.41, 5.74) is 0. The Bertz CT molecular complexity index is 232. The molecule has 2 heteroatoms. The number of hydrogen-bond donors (Lipinski definition) is 0. The van der Waals surface area contributed by atoms with Crippen LogP contribution in [0.25, 0.3) is 0 Å². The molecule has 1 rings (SSSR count). The maximum absolute atomic E-state index is 8.41. The van der Waals surface area contributed by atoms with Crippen LogP contribution in [0.2, 0.25) is 0 Å². The van der Waals surface area contributed by atoms with Gasteiger partial charge in [0, 0.05) is 4.88 Å². The van der Waals surface area contributed by atoms with Gasteiger partial charge in [-0.2, -0.15) is 5.26 Å². The molecule has 0 aliphatic rings. The molecular weight excluding hydrogens is 154 g/mol. The highest BCUT2D eigenvalue weighted by atomic mass is 32.1. The average molecular weight is 167 g/mol. The van der Waals surface area contributed by atoms with Crippen molar-refractivity contribution in [2.45, 2.75) is 27.2 Å². The minimum atomic E-state index is 0.812. The van der Waals surface area contributed by atoms with E-state index >= 15 is 0 Å². The molecule has 1 aromatic rings. The highest BCUT2D eigenvalue weighted by molar-refractivity contribution is 7.12. The van der Waals surface area contributed by atoms with E-state index in [0.717, 1.165) is 11.3 Å². The van der Waals surface area contributed by atoms with Crippen LogP contribution >= 0.6 is 11.3 Å². The van der Waals surface area contributed by atoms with Crippen molar-refractivity contribution in [3.05, 3.63) is 21.9 Å². The van der Waals surface area contributed by atoms with E-state index in [1.165, 1.54) is 4.88 Å². The Morgan fingerprint density at radius 2 is 2.09 bits per heavy atom. The first-order valence-electron chi connectivity index (χ1n) is 3.85. The van der Waals surface area contributed by atoms with E-state index in [0.29, 0.717) is 0 Å². The van der Waals surface area contributed by atoms with Crippen molar-refractivity contribution in [2.75, 3.05) is 0 Å². The highest BCUT2D eigenvalue weighted by Crippen LogP contribution is 2.14. The zero-order valence-corrected chi connectivity index (χ0v) is 8.03. The van der Waals surface area contributed by atoms with Crippen LogP contribution in [0.1, 0.15) is 30.5 Å². The van der Waals surface area contributed by atoms with Crippen molar-refractivity contribution in [1.29, 1.82) is 5.26 Å². The molecule has 0 aliphatic heterocycles. The second-order valence-corrected chi connectivity index (χ2v) is 2.90. The smallest absolute Gasteiger partial charge is 0.110 e. The highest BCUT2D eigenvalue weighted by Gasteiger charge is 1.93. The van der Waals surface area contributed by atoms with Crippen LogP contribution in [0.3, 0.4) is 0 Å². The maximum atomic E-state index is 8.41. The van der Waals surface area contributed by atoms with Crippen LogP contribution in [0.4, 0.5) is 0 Å². The van der Waals surface area contributed by atoms with Gasteiger partial charge in [0.2, 0.25) is 0 Å². The van der Waals surface area contributed by atoms with Crippen molar-refractivity contribution >= 4 is 11.3 Å². The Morgan fingerprint density at radius 3 is 2.36 bits per heavy atom. The fourth-order valence-electron chi connectivity index (χ4n) is 0.628. The molecule has 60 valence electrons. The Kier molecular flexibility index (Phi) is 5.50. The molecule has 0 bridgehead atoms. The van der Waals surface area contributed by atoms with Crippen LogP contribution in [-0.2, 0) is 6.42 Å². The third-order valence-electron chi connectivity index (χ3n) is 1.12. The van der Waals surface area contributed by atoms with Gasteiger partial charge in [-0.3, -0.25) is 0 Å². The largest absolute Gasteiger partial charge is 0.192 e. The Balaban J connectivity index is 0.000000461. The Morgan fingerprint density at radius 1 is 1.45 bits per heavy atom. The molecule has 0 aliphatic carbocycles. The second kappa shape index (κ2) is 5.94. The summed E-state index contributed by atoms with van der Waals surface area (Å²) in [7, 11) is 0. The lowest BCUT2D eigenvalue weighted by Crippen LogP contribution is -1.63. The van der Waals surface area contributed by atoms with E-state index in [4.69, 9.17) is 5.26 Å². The van der Waals surface area contributed by atoms with Crippen LogP contribution in [0.5, 0.6) is 0 Å². The number of rotatable bonds is 1. The van der Waals surface area contributed by atoms with Crippen molar-refractivity contribution in [3.63, 3.8) is 0 Å². The monoisotopic (exact) mass is 167 g/mol. The quantitative estimate of drug-likeness (QED) is 0.630. The molecule has 1 heterocycles. The van der Waals surface area contributed by atoms with Gasteiger partial charge in [-0.25, -0.2) is 0 Å². The average Bonchev–Trinajstić information content (AvgIpc) is 2.55. The van der Waals surface area contributed by atoms with Crippen LogP contribution in [-0.4, -0.2) is 0 Å². The SMILES string of the molecule is CC.CCc1ccc(C#N)s1. The van der Waals surface area contributed by atoms with Crippen molar-refractivity contribution in [3.8, 4) is 6.07 Å². The van der Waals surface area contributed by atoms with Gasteiger partial charge in [0.25, 0.3) is 0 Å². The van der Waals surface area contributed by atoms with Gasteiger partial charge in [0.15, 0.2) is 0 Å². The molecule has 0 N–H and O–H groups in total. The predicted octanol–water partition coefficient (Wildman–Crippen LogP) is 3.21. The second-order valence-electron chi connectivity index (χ2n) is 1.73. The molecule has 0 radical (unpaired) electrons. The van der Waals surface area contributed by atoms with Crippen molar-refractivity contribution in [1.82, 2.24) is 0 Å². The molecule has 0 atom stereocenters. The first-order chi connectivity index (χ1) is 5.36. The van der Waals surface area contributed by atoms with E-state index in [1.807, 2.05) is 26.0 Å². The molecule has 0 amide bonds. The van der Waals surface area contributed by atoms with Crippen LogP contribution < -0.4 is 0 Å². The molecule has 0 aromatic carbocycles. The molecule has 1 nitrogen and oxygen atoms in total. The van der Waals surface area contributed by atoms with Gasteiger partial charge in [-0.05, 0) is 18.6 Å².